The minimum Gasteiger partial charge on any atom is -0.357 e. The van der Waals surface area contributed by atoms with Crippen LogP contribution >= 0.6 is 11.6 Å². The normalized spacial score (nSPS) is 10.7. The van der Waals surface area contributed by atoms with Crippen LogP contribution in [-0.2, 0) is 0 Å². The highest BCUT2D eigenvalue weighted by molar-refractivity contribution is 6.31. The Hall–Kier alpha value is -2.86. The molecule has 0 unspecified atom stereocenters. The number of rotatable bonds is 4. The molecule has 0 aliphatic rings. The minimum absolute atomic E-state index is 0.165. The number of carbonyl (C=O) groups is 1. The van der Waals surface area contributed by atoms with Crippen molar-refractivity contribution in [2.75, 3.05) is 19.4 Å². The number of halogens is 1. The number of carbonyl (C=O) groups excluding carboxylic acids is 1. The summed E-state index contributed by atoms with van der Waals surface area (Å²) in [5.41, 5.74) is 5.51. The van der Waals surface area contributed by atoms with Crippen LogP contribution < -0.4 is 10.6 Å². The van der Waals surface area contributed by atoms with Crippen LogP contribution in [0, 0.1) is 13.8 Å². The molecule has 134 valence electrons. The van der Waals surface area contributed by atoms with Gasteiger partial charge in [-0.1, -0.05) is 17.7 Å². The summed E-state index contributed by atoms with van der Waals surface area (Å²) in [6.07, 6.45) is 1.68. The summed E-state index contributed by atoms with van der Waals surface area (Å²) in [5, 5.41) is 6.26. The van der Waals surface area contributed by atoms with E-state index in [1.54, 1.807) is 20.3 Å². The van der Waals surface area contributed by atoms with Crippen molar-refractivity contribution in [3.05, 3.63) is 52.2 Å². The molecule has 26 heavy (non-hydrogen) atoms. The van der Waals surface area contributed by atoms with Crippen LogP contribution in [0.3, 0.4) is 0 Å². The first-order valence-electron chi connectivity index (χ1n) is 8.18. The Morgan fingerprint density at radius 3 is 2.62 bits per heavy atom. The minimum atomic E-state index is -0.165. The van der Waals surface area contributed by atoms with E-state index in [2.05, 4.69) is 25.6 Å². The first kappa shape index (κ1) is 17.9. The zero-order chi connectivity index (χ0) is 18.8. The molecule has 3 rings (SSSR count). The van der Waals surface area contributed by atoms with Gasteiger partial charge in [0, 0.05) is 30.9 Å². The van der Waals surface area contributed by atoms with E-state index in [9.17, 15) is 4.79 Å². The molecule has 0 radical (unpaired) electrons. The second kappa shape index (κ2) is 7.17. The fourth-order valence-electron chi connectivity index (χ4n) is 2.94. The largest absolute Gasteiger partial charge is 0.357 e. The molecule has 7 heteroatoms. The third-order valence-electron chi connectivity index (χ3n) is 4.31. The summed E-state index contributed by atoms with van der Waals surface area (Å²) in [7, 11) is 3.38. The van der Waals surface area contributed by atoms with E-state index < -0.39 is 0 Å². The summed E-state index contributed by atoms with van der Waals surface area (Å²) >= 11 is 6.19. The molecule has 0 fully saturated rings. The molecule has 0 aliphatic heterocycles. The molecule has 1 aromatic carbocycles. The van der Waals surface area contributed by atoms with Crippen molar-refractivity contribution < 1.29 is 4.79 Å². The highest BCUT2D eigenvalue weighted by atomic mass is 35.5. The third-order valence-corrected chi connectivity index (χ3v) is 4.54. The Labute approximate surface area is 157 Å². The zero-order valence-electron chi connectivity index (χ0n) is 15.1. The van der Waals surface area contributed by atoms with Gasteiger partial charge in [-0.2, -0.15) is 0 Å². The van der Waals surface area contributed by atoms with Crippen LogP contribution in [0.15, 0.2) is 30.5 Å². The van der Waals surface area contributed by atoms with Gasteiger partial charge in [-0.15, -0.1) is 0 Å². The van der Waals surface area contributed by atoms with Crippen molar-refractivity contribution in [2.24, 2.45) is 0 Å². The van der Waals surface area contributed by atoms with Crippen molar-refractivity contribution >= 4 is 23.5 Å². The number of nitrogens with one attached hydrogen (secondary N) is 3. The molecule has 0 saturated carbocycles. The molecule has 2 heterocycles. The van der Waals surface area contributed by atoms with Gasteiger partial charge in [0.1, 0.15) is 0 Å². The number of hydrogen-bond donors (Lipinski definition) is 3. The van der Waals surface area contributed by atoms with E-state index >= 15 is 0 Å². The Kier molecular flexibility index (Phi) is 4.95. The van der Waals surface area contributed by atoms with Gasteiger partial charge in [0.2, 0.25) is 5.95 Å². The molecule has 0 aliphatic carbocycles. The van der Waals surface area contributed by atoms with Crippen LogP contribution in [0.5, 0.6) is 0 Å². The highest BCUT2D eigenvalue weighted by Crippen LogP contribution is 2.35. The van der Waals surface area contributed by atoms with Crippen molar-refractivity contribution in [2.45, 2.75) is 13.8 Å². The lowest BCUT2D eigenvalue weighted by Crippen LogP contribution is -2.19. The van der Waals surface area contributed by atoms with Crippen molar-refractivity contribution in [3.63, 3.8) is 0 Å². The Bertz CT molecular complexity index is 980. The summed E-state index contributed by atoms with van der Waals surface area (Å²) in [6, 6.07) is 7.44. The zero-order valence-corrected chi connectivity index (χ0v) is 15.8. The summed E-state index contributed by atoms with van der Waals surface area (Å²) in [6.45, 7) is 3.89. The van der Waals surface area contributed by atoms with Gasteiger partial charge in [-0.25, -0.2) is 9.97 Å². The molecular weight excluding hydrogens is 350 g/mol. The SMILES string of the molecule is CNC(=O)c1c(-c2cc(Cl)ccc2C)[nH]c(-c2ccnc(NC)n2)c1C. The number of amides is 1. The van der Waals surface area contributed by atoms with Crippen LogP contribution in [0.25, 0.3) is 22.6 Å². The van der Waals surface area contributed by atoms with Crippen molar-refractivity contribution in [1.29, 1.82) is 0 Å². The van der Waals surface area contributed by atoms with E-state index in [1.807, 2.05) is 38.1 Å². The number of nitrogens with zero attached hydrogens (tertiary/aromatic N) is 2. The average molecular weight is 370 g/mol. The van der Waals surface area contributed by atoms with Gasteiger partial charge in [-0.05, 0) is 43.2 Å². The average Bonchev–Trinajstić information content (AvgIpc) is 3.00. The van der Waals surface area contributed by atoms with Crippen molar-refractivity contribution in [3.8, 4) is 22.6 Å². The predicted octanol–water partition coefficient (Wildman–Crippen LogP) is 3.81. The predicted molar refractivity (Wildman–Crippen MR) is 105 cm³/mol. The maximum Gasteiger partial charge on any atom is 0.253 e. The number of H-pyrrole nitrogens is 1. The summed E-state index contributed by atoms with van der Waals surface area (Å²) in [5.74, 6) is 0.348. The van der Waals surface area contributed by atoms with Gasteiger partial charge < -0.3 is 15.6 Å². The Morgan fingerprint density at radius 2 is 1.92 bits per heavy atom. The molecule has 3 aromatic rings. The number of hydrogen-bond acceptors (Lipinski definition) is 4. The van der Waals surface area contributed by atoms with Gasteiger partial charge in [0.05, 0.1) is 22.6 Å². The van der Waals surface area contributed by atoms with E-state index in [1.165, 1.54) is 0 Å². The second-order valence-electron chi connectivity index (χ2n) is 5.93. The first-order valence-corrected chi connectivity index (χ1v) is 8.56. The molecule has 2 aromatic heterocycles. The van der Waals surface area contributed by atoms with Crippen LogP contribution in [0.2, 0.25) is 5.02 Å². The van der Waals surface area contributed by atoms with Crippen LogP contribution in [0.4, 0.5) is 5.95 Å². The molecule has 0 atom stereocenters. The monoisotopic (exact) mass is 369 g/mol. The molecule has 6 nitrogen and oxygen atoms in total. The van der Waals surface area contributed by atoms with E-state index in [-0.39, 0.29) is 5.91 Å². The molecule has 0 saturated heterocycles. The lowest BCUT2D eigenvalue weighted by molar-refractivity contribution is 0.0963. The number of anilines is 1. The van der Waals surface area contributed by atoms with E-state index in [4.69, 9.17) is 11.6 Å². The highest BCUT2D eigenvalue weighted by Gasteiger charge is 2.23. The lowest BCUT2D eigenvalue weighted by Gasteiger charge is -2.08. The summed E-state index contributed by atoms with van der Waals surface area (Å²) < 4.78 is 0. The number of benzene rings is 1. The molecule has 0 spiro atoms. The molecule has 0 bridgehead atoms. The number of aryl methyl sites for hydroxylation is 1. The first-order chi connectivity index (χ1) is 12.5. The fourth-order valence-corrected chi connectivity index (χ4v) is 3.11. The molecular formula is C19H20ClN5O. The smallest absolute Gasteiger partial charge is 0.253 e. The van der Waals surface area contributed by atoms with Gasteiger partial charge in [0.15, 0.2) is 0 Å². The third kappa shape index (κ3) is 3.15. The fraction of sp³-hybridized carbons (Fsp3) is 0.211. The lowest BCUT2D eigenvalue weighted by atomic mass is 10.00. The number of aromatic amines is 1. The van der Waals surface area contributed by atoms with Crippen LogP contribution in [0.1, 0.15) is 21.5 Å². The summed E-state index contributed by atoms with van der Waals surface area (Å²) in [4.78, 5) is 24.6. The van der Waals surface area contributed by atoms with Crippen LogP contribution in [-0.4, -0.2) is 35.0 Å². The standard InChI is InChI=1S/C19H20ClN5O/c1-10-5-6-12(20)9-13(10)17-15(18(26)21-3)11(2)16(25-17)14-7-8-23-19(22-4)24-14/h5-9,25H,1-4H3,(H,21,26)(H,22,23,24). The van der Waals surface area contributed by atoms with Gasteiger partial charge in [-0.3, -0.25) is 4.79 Å². The second-order valence-corrected chi connectivity index (χ2v) is 6.37. The maximum absolute atomic E-state index is 12.6. The molecule has 1 amide bonds. The number of aromatic nitrogens is 3. The van der Waals surface area contributed by atoms with Gasteiger partial charge in [0.25, 0.3) is 5.91 Å². The maximum atomic E-state index is 12.6. The Morgan fingerprint density at radius 1 is 1.15 bits per heavy atom. The van der Waals surface area contributed by atoms with E-state index in [0.717, 1.165) is 28.1 Å². The quantitative estimate of drug-likeness (QED) is 0.653. The topological polar surface area (TPSA) is 82.7 Å². The van der Waals surface area contributed by atoms with Gasteiger partial charge >= 0.3 is 0 Å². The Balaban J connectivity index is 2.27. The van der Waals surface area contributed by atoms with Crippen molar-refractivity contribution in [1.82, 2.24) is 20.3 Å². The van der Waals surface area contributed by atoms with E-state index in [0.29, 0.717) is 22.2 Å². The molecule has 3 N–H and O–H groups in total.